The number of hydrogen-bond acceptors (Lipinski definition) is 6. The molecule has 0 spiro atoms. The van der Waals surface area contributed by atoms with Gasteiger partial charge in [0.25, 0.3) is 0 Å². The molecule has 0 aliphatic carbocycles. The molecule has 6 nitrogen and oxygen atoms in total. The summed E-state index contributed by atoms with van der Waals surface area (Å²) in [6.07, 6.45) is 5.79. The molecule has 0 bridgehead atoms. The highest BCUT2D eigenvalue weighted by Gasteiger charge is 2.21. The van der Waals surface area contributed by atoms with Crippen molar-refractivity contribution in [3.8, 4) is 0 Å². The normalized spacial score (nSPS) is 18.8. The third-order valence-corrected chi connectivity index (χ3v) is 4.43. The maximum Gasteiger partial charge on any atom is 0.131 e. The zero-order valence-corrected chi connectivity index (χ0v) is 15.9. The van der Waals surface area contributed by atoms with Crippen LogP contribution in [0.2, 0.25) is 0 Å². The second kappa shape index (κ2) is 9.42. The van der Waals surface area contributed by atoms with Gasteiger partial charge in [0.05, 0.1) is 24.6 Å². The summed E-state index contributed by atoms with van der Waals surface area (Å²) in [5.41, 5.74) is 8.78. The van der Waals surface area contributed by atoms with Gasteiger partial charge in [-0.25, -0.2) is 4.98 Å². The number of morpholine rings is 1. The van der Waals surface area contributed by atoms with Gasteiger partial charge in [0, 0.05) is 51.2 Å². The van der Waals surface area contributed by atoms with Crippen LogP contribution in [0.3, 0.4) is 0 Å². The quantitative estimate of drug-likeness (QED) is 0.769. The van der Waals surface area contributed by atoms with Crippen molar-refractivity contribution in [2.24, 2.45) is 10.7 Å². The standard InChI is InChI=1S/C19H31N5O/c1-5-6-9-23(4)19-13-16(24-10-11-25-14-15(24)2)12-18(22-19)17(20)7-8-21-3/h7-8,12-13,15H,5-6,9-11,14,20H2,1-4H3. The summed E-state index contributed by atoms with van der Waals surface area (Å²) in [5.74, 6) is 0.949. The molecular weight excluding hydrogens is 314 g/mol. The Morgan fingerprint density at radius 1 is 1.52 bits per heavy atom. The van der Waals surface area contributed by atoms with Crippen LogP contribution in [0, 0.1) is 0 Å². The molecule has 1 aromatic rings. The molecule has 1 saturated heterocycles. The lowest BCUT2D eigenvalue weighted by molar-refractivity contribution is 0.0989. The topological polar surface area (TPSA) is 67.0 Å². The fraction of sp³-hybridized carbons (Fsp3) is 0.579. The van der Waals surface area contributed by atoms with Gasteiger partial charge >= 0.3 is 0 Å². The summed E-state index contributed by atoms with van der Waals surface area (Å²) in [6.45, 7) is 7.73. The van der Waals surface area contributed by atoms with E-state index < -0.39 is 0 Å². The Balaban J connectivity index is 2.39. The molecule has 1 fully saturated rings. The van der Waals surface area contributed by atoms with Gasteiger partial charge in [-0.2, -0.15) is 0 Å². The van der Waals surface area contributed by atoms with Gasteiger partial charge in [0.15, 0.2) is 0 Å². The summed E-state index contributed by atoms with van der Waals surface area (Å²) in [4.78, 5) is 13.3. The van der Waals surface area contributed by atoms with Gasteiger partial charge in [-0.15, -0.1) is 0 Å². The van der Waals surface area contributed by atoms with Crippen molar-refractivity contribution in [2.45, 2.75) is 32.7 Å². The second-order valence-corrected chi connectivity index (χ2v) is 6.49. The molecule has 0 radical (unpaired) electrons. The Morgan fingerprint density at radius 3 is 3.00 bits per heavy atom. The van der Waals surface area contributed by atoms with Gasteiger partial charge in [-0.05, 0) is 25.5 Å². The van der Waals surface area contributed by atoms with E-state index >= 15 is 0 Å². The molecule has 1 aliphatic rings. The Morgan fingerprint density at radius 2 is 2.32 bits per heavy atom. The predicted octanol–water partition coefficient (Wildman–Crippen LogP) is 2.54. The van der Waals surface area contributed by atoms with Gasteiger partial charge in [-0.3, -0.25) is 4.99 Å². The number of aromatic nitrogens is 1. The molecule has 0 aromatic carbocycles. The van der Waals surface area contributed by atoms with E-state index in [4.69, 9.17) is 15.5 Å². The summed E-state index contributed by atoms with van der Waals surface area (Å²) in [7, 11) is 3.81. The van der Waals surface area contributed by atoms with Crippen molar-refractivity contribution < 1.29 is 4.74 Å². The highest BCUT2D eigenvalue weighted by molar-refractivity contribution is 5.83. The minimum absolute atomic E-state index is 0.334. The SMILES string of the molecule is CCCCN(C)c1cc(N2CCOCC2C)cc(C(N)=CC=NC)n1. The van der Waals surface area contributed by atoms with E-state index in [1.54, 1.807) is 19.3 Å². The summed E-state index contributed by atoms with van der Waals surface area (Å²) >= 11 is 0. The average molecular weight is 345 g/mol. The first-order valence-corrected chi connectivity index (χ1v) is 9.02. The van der Waals surface area contributed by atoms with Gasteiger partial charge in [0.1, 0.15) is 5.82 Å². The van der Waals surface area contributed by atoms with E-state index in [2.05, 4.69) is 47.8 Å². The van der Waals surface area contributed by atoms with E-state index in [0.717, 1.165) is 56.3 Å². The van der Waals surface area contributed by atoms with Crippen LogP contribution in [-0.2, 0) is 4.74 Å². The van der Waals surface area contributed by atoms with Crippen LogP contribution in [-0.4, -0.2) is 57.6 Å². The maximum atomic E-state index is 6.23. The molecule has 1 atom stereocenters. The Hall–Kier alpha value is -2.08. The number of allylic oxidation sites excluding steroid dienone is 1. The number of aliphatic imine (C=N–C) groups is 1. The molecule has 1 unspecified atom stereocenters. The van der Waals surface area contributed by atoms with E-state index in [1.807, 2.05) is 0 Å². The van der Waals surface area contributed by atoms with Crippen molar-refractivity contribution in [1.82, 2.24) is 4.98 Å². The number of ether oxygens (including phenoxy) is 1. The van der Waals surface area contributed by atoms with Gasteiger partial charge in [-0.1, -0.05) is 13.3 Å². The van der Waals surface area contributed by atoms with E-state index in [1.165, 1.54) is 0 Å². The van der Waals surface area contributed by atoms with Crippen LogP contribution in [0.15, 0.2) is 23.2 Å². The van der Waals surface area contributed by atoms with Crippen LogP contribution in [0.5, 0.6) is 0 Å². The number of anilines is 2. The molecule has 6 heteroatoms. The fourth-order valence-electron chi connectivity index (χ4n) is 2.87. The zero-order valence-electron chi connectivity index (χ0n) is 15.9. The fourth-order valence-corrected chi connectivity index (χ4v) is 2.87. The number of nitrogens with two attached hydrogens (primary N) is 1. The largest absolute Gasteiger partial charge is 0.397 e. The second-order valence-electron chi connectivity index (χ2n) is 6.49. The molecule has 138 valence electrons. The first-order chi connectivity index (χ1) is 12.1. The Labute approximate surface area is 151 Å². The molecular formula is C19H31N5O. The molecule has 25 heavy (non-hydrogen) atoms. The van der Waals surface area contributed by atoms with Crippen LogP contribution >= 0.6 is 0 Å². The van der Waals surface area contributed by atoms with E-state index in [0.29, 0.717) is 11.7 Å². The van der Waals surface area contributed by atoms with Crippen molar-refractivity contribution in [2.75, 3.05) is 50.2 Å². The van der Waals surface area contributed by atoms with Crippen molar-refractivity contribution >= 4 is 23.4 Å². The van der Waals surface area contributed by atoms with E-state index in [-0.39, 0.29) is 0 Å². The van der Waals surface area contributed by atoms with Gasteiger partial charge < -0.3 is 20.3 Å². The number of pyridine rings is 1. The molecule has 2 heterocycles. The molecule has 2 rings (SSSR count). The smallest absolute Gasteiger partial charge is 0.131 e. The van der Waals surface area contributed by atoms with Crippen LogP contribution in [0.4, 0.5) is 11.5 Å². The monoisotopic (exact) mass is 345 g/mol. The molecule has 1 aliphatic heterocycles. The molecule has 2 N–H and O–H groups in total. The average Bonchev–Trinajstić information content (AvgIpc) is 2.64. The number of nitrogens with zero attached hydrogens (tertiary/aromatic N) is 4. The lowest BCUT2D eigenvalue weighted by Crippen LogP contribution is -2.43. The van der Waals surface area contributed by atoms with Crippen LogP contribution < -0.4 is 15.5 Å². The lowest BCUT2D eigenvalue weighted by atomic mass is 10.1. The highest BCUT2D eigenvalue weighted by Crippen LogP contribution is 2.26. The first-order valence-electron chi connectivity index (χ1n) is 9.02. The summed E-state index contributed by atoms with van der Waals surface area (Å²) in [6, 6.07) is 4.55. The van der Waals surface area contributed by atoms with Crippen LogP contribution in [0.25, 0.3) is 5.70 Å². The minimum Gasteiger partial charge on any atom is -0.397 e. The number of unbranched alkanes of at least 4 members (excludes halogenated alkanes) is 1. The predicted molar refractivity (Wildman–Crippen MR) is 107 cm³/mol. The molecule has 1 aromatic heterocycles. The summed E-state index contributed by atoms with van der Waals surface area (Å²) in [5, 5.41) is 0. The minimum atomic E-state index is 0.334. The number of rotatable bonds is 7. The first kappa shape index (κ1) is 19.2. The molecule has 0 saturated carbocycles. The molecule has 0 amide bonds. The highest BCUT2D eigenvalue weighted by atomic mass is 16.5. The lowest BCUT2D eigenvalue weighted by Gasteiger charge is -2.36. The van der Waals surface area contributed by atoms with Gasteiger partial charge in [0.2, 0.25) is 0 Å². The zero-order chi connectivity index (χ0) is 18.2. The third-order valence-electron chi connectivity index (χ3n) is 4.43. The van der Waals surface area contributed by atoms with Crippen LogP contribution in [0.1, 0.15) is 32.4 Å². The van der Waals surface area contributed by atoms with Crippen molar-refractivity contribution in [1.29, 1.82) is 0 Å². The van der Waals surface area contributed by atoms with Crippen molar-refractivity contribution in [3.63, 3.8) is 0 Å². The number of hydrogen-bond donors (Lipinski definition) is 1. The van der Waals surface area contributed by atoms with Crippen molar-refractivity contribution in [3.05, 3.63) is 23.9 Å². The Kier molecular flexibility index (Phi) is 7.25. The third kappa shape index (κ3) is 5.19. The summed E-state index contributed by atoms with van der Waals surface area (Å²) < 4.78 is 5.57. The van der Waals surface area contributed by atoms with E-state index in [9.17, 15) is 0 Å². The maximum absolute atomic E-state index is 6.23. The Bertz CT molecular complexity index is 614.